The van der Waals surface area contributed by atoms with E-state index in [1.807, 2.05) is 24.3 Å². The summed E-state index contributed by atoms with van der Waals surface area (Å²) in [6, 6.07) is 15.6. The van der Waals surface area contributed by atoms with Crippen LogP contribution in [0, 0.1) is 5.92 Å². The van der Waals surface area contributed by atoms with Gasteiger partial charge in [-0.15, -0.1) is 0 Å². The molecule has 0 radical (unpaired) electrons. The molecule has 9 heteroatoms. The van der Waals surface area contributed by atoms with Crippen LogP contribution in [0.2, 0.25) is 0 Å². The molecule has 2 amide bonds. The van der Waals surface area contributed by atoms with Crippen LogP contribution in [0.25, 0.3) is 0 Å². The Labute approximate surface area is 198 Å². The van der Waals surface area contributed by atoms with Gasteiger partial charge in [0.25, 0.3) is 0 Å². The third-order valence-corrected chi connectivity index (χ3v) is 5.00. The summed E-state index contributed by atoms with van der Waals surface area (Å²) in [5.74, 6) is -3.29. The summed E-state index contributed by atoms with van der Waals surface area (Å²) in [6.45, 7) is 3.36. The van der Waals surface area contributed by atoms with Crippen LogP contribution >= 0.6 is 0 Å². The van der Waals surface area contributed by atoms with Crippen molar-refractivity contribution < 1.29 is 33.8 Å². The smallest absolute Gasteiger partial charge is 0.408 e. The van der Waals surface area contributed by atoms with Gasteiger partial charge in [-0.3, -0.25) is 9.59 Å². The molecule has 0 aliphatic carbocycles. The lowest BCUT2D eigenvalue weighted by Crippen LogP contribution is -2.53. The zero-order valence-corrected chi connectivity index (χ0v) is 19.2. The lowest BCUT2D eigenvalue weighted by molar-refractivity contribution is -0.149. The Balaban J connectivity index is 2.08. The molecule has 182 valence electrons. The lowest BCUT2D eigenvalue weighted by atomic mass is 10.0. The van der Waals surface area contributed by atoms with E-state index in [0.717, 1.165) is 11.1 Å². The minimum atomic E-state index is -1.34. The number of rotatable bonds is 12. The molecule has 0 unspecified atom stereocenters. The van der Waals surface area contributed by atoms with Crippen molar-refractivity contribution in [3.05, 3.63) is 71.8 Å². The van der Waals surface area contributed by atoms with Gasteiger partial charge in [0.2, 0.25) is 5.91 Å². The van der Waals surface area contributed by atoms with E-state index in [4.69, 9.17) is 9.47 Å². The molecule has 0 aromatic heterocycles. The molecule has 0 spiro atoms. The summed E-state index contributed by atoms with van der Waals surface area (Å²) < 4.78 is 10.1. The fraction of sp³-hybridized carbons (Fsp3) is 0.360. The normalized spacial score (nSPS) is 13.1. The van der Waals surface area contributed by atoms with Crippen LogP contribution in [0.15, 0.2) is 60.7 Å². The standard InChI is InChI=1S/C25H30N2O7/c1-3-33-24(31)17(2)14-21(23(29)30)26-22(28)20(15-18-10-6-4-7-11-18)27-25(32)34-16-19-12-8-5-9-13-19/h4-13,17,20-21H,3,14-16H2,1-2H3,(H,26,28)(H,27,32)(H,29,30)/t17-,20+,21-/m1/s1. The molecule has 0 fully saturated rings. The van der Waals surface area contributed by atoms with Gasteiger partial charge in [0.05, 0.1) is 12.5 Å². The van der Waals surface area contributed by atoms with Crippen LogP contribution in [-0.4, -0.2) is 47.7 Å². The van der Waals surface area contributed by atoms with Crippen LogP contribution < -0.4 is 10.6 Å². The van der Waals surface area contributed by atoms with Gasteiger partial charge in [-0.05, 0) is 24.5 Å². The Bertz CT molecular complexity index is 950. The second-order valence-corrected chi connectivity index (χ2v) is 7.74. The molecular weight excluding hydrogens is 440 g/mol. The SMILES string of the molecule is CCOC(=O)[C@H](C)C[C@@H](NC(=O)[C@H](Cc1ccccc1)NC(=O)OCc1ccccc1)C(=O)O. The second-order valence-electron chi connectivity index (χ2n) is 7.74. The van der Waals surface area contributed by atoms with Gasteiger partial charge >= 0.3 is 18.0 Å². The highest BCUT2D eigenvalue weighted by Gasteiger charge is 2.30. The number of carboxylic acids is 1. The van der Waals surface area contributed by atoms with Crippen molar-refractivity contribution in [3.63, 3.8) is 0 Å². The van der Waals surface area contributed by atoms with Crippen molar-refractivity contribution in [2.24, 2.45) is 5.92 Å². The average Bonchev–Trinajstić information content (AvgIpc) is 2.83. The number of carboxylic acid groups (broad SMARTS) is 1. The van der Waals surface area contributed by atoms with Gasteiger partial charge < -0.3 is 25.2 Å². The molecule has 0 bridgehead atoms. The van der Waals surface area contributed by atoms with E-state index in [1.165, 1.54) is 6.92 Å². The number of ether oxygens (including phenoxy) is 2. The third kappa shape index (κ3) is 8.93. The number of carbonyl (C=O) groups excluding carboxylic acids is 3. The highest BCUT2D eigenvalue weighted by Crippen LogP contribution is 2.11. The number of alkyl carbamates (subject to hydrolysis) is 1. The van der Waals surface area contributed by atoms with Gasteiger partial charge in [-0.2, -0.15) is 0 Å². The van der Waals surface area contributed by atoms with Gasteiger partial charge in [0, 0.05) is 6.42 Å². The summed E-state index contributed by atoms with van der Waals surface area (Å²) in [5.41, 5.74) is 1.54. The first-order valence-electron chi connectivity index (χ1n) is 11.0. The number of amides is 2. The van der Waals surface area contributed by atoms with Crippen molar-refractivity contribution in [2.45, 2.75) is 45.4 Å². The molecule has 0 aliphatic heterocycles. The Morgan fingerprint density at radius 1 is 0.853 bits per heavy atom. The molecular formula is C25H30N2O7. The lowest BCUT2D eigenvalue weighted by Gasteiger charge is -2.23. The van der Waals surface area contributed by atoms with Crippen LogP contribution in [0.3, 0.4) is 0 Å². The van der Waals surface area contributed by atoms with Crippen molar-refractivity contribution in [2.75, 3.05) is 6.61 Å². The van der Waals surface area contributed by atoms with Crippen LogP contribution in [0.1, 0.15) is 31.4 Å². The van der Waals surface area contributed by atoms with E-state index in [-0.39, 0.29) is 26.1 Å². The zero-order valence-electron chi connectivity index (χ0n) is 19.2. The molecule has 34 heavy (non-hydrogen) atoms. The Morgan fingerprint density at radius 3 is 2.00 bits per heavy atom. The number of carbonyl (C=O) groups is 4. The zero-order chi connectivity index (χ0) is 24.9. The van der Waals surface area contributed by atoms with Gasteiger partial charge in [0.1, 0.15) is 18.7 Å². The quantitative estimate of drug-likeness (QED) is 0.407. The summed E-state index contributed by atoms with van der Waals surface area (Å²) in [5, 5.41) is 14.5. The summed E-state index contributed by atoms with van der Waals surface area (Å²) in [6.07, 6.45) is -0.852. The van der Waals surface area contributed by atoms with Crippen LogP contribution in [-0.2, 0) is 36.9 Å². The molecule has 0 saturated carbocycles. The van der Waals surface area contributed by atoms with Crippen molar-refractivity contribution in [1.29, 1.82) is 0 Å². The number of esters is 1. The van der Waals surface area contributed by atoms with E-state index in [2.05, 4.69) is 10.6 Å². The molecule has 0 aliphatic rings. The third-order valence-electron chi connectivity index (χ3n) is 5.00. The first-order valence-corrected chi connectivity index (χ1v) is 11.0. The van der Waals surface area contributed by atoms with Gasteiger partial charge in [-0.25, -0.2) is 9.59 Å². The summed E-state index contributed by atoms with van der Waals surface area (Å²) in [4.78, 5) is 49.0. The van der Waals surface area contributed by atoms with Crippen molar-refractivity contribution in [1.82, 2.24) is 10.6 Å². The van der Waals surface area contributed by atoms with E-state index in [1.54, 1.807) is 43.3 Å². The fourth-order valence-electron chi connectivity index (χ4n) is 3.19. The maximum Gasteiger partial charge on any atom is 0.408 e. The predicted octanol–water partition coefficient (Wildman–Crippen LogP) is 2.68. The maximum absolute atomic E-state index is 13.0. The monoisotopic (exact) mass is 470 g/mol. The van der Waals surface area contributed by atoms with E-state index in [0.29, 0.717) is 0 Å². The maximum atomic E-state index is 13.0. The molecule has 3 N–H and O–H groups in total. The number of benzene rings is 2. The Kier molecular flexibility index (Phi) is 10.6. The topological polar surface area (TPSA) is 131 Å². The van der Waals surface area contributed by atoms with E-state index in [9.17, 15) is 24.3 Å². The average molecular weight is 471 g/mol. The van der Waals surface area contributed by atoms with Crippen LogP contribution in [0.5, 0.6) is 0 Å². The predicted molar refractivity (Wildman–Crippen MR) is 124 cm³/mol. The molecule has 2 aromatic rings. The number of hydrogen-bond donors (Lipinski definition) is 3. The number of hydrogen-bond acceptors (Lipinski definition) is 6. The highest BCUT2D eigenvalue weighted by atomic mass is 16.5. The molecule has 9 nitrogen and oxygen atoms in total. The Morgan fingerprint density at radius 2 is 1.44 bits per heavy atom. The molecule has 0 saturated heterocycles. The molecule has 3 atom stereocenters. The van der Waals surface area contributed by atoms with Crippen molar-refractivity contribution >= 4 is 23.9 Å². The van der Waals surface area contributed by atoms with Gasteiger partial charge in [-0.1, -0.05) is 67.6 Å². The minimum Gasteiger partial charge on any atom is -0.480 e. The van der Waals surface area contributed by atoms with Crippen LogP contribution in [0.4, 0.5) is 4.79 Å². The summed E-state index contributed by atoms with van der Waals surface area (Å²) >= 11 is 0. The molecule has 0 heterocycles. The molecule has 2 rings (SSSR count). The van der Waals surface area contributed by atoms with Gasteiger partial charge in [0.15, 0.2) is 0 Å². The molecule has 2 aromatic carbocycles. The minimum absolute atomic E-state index is 0.0150. The number of aliphatic carboxylic acids is 1. The first kappa shape index (κ1) is 26.4. The van der Waals surface area contributed by atoms with E-state index < -0.39 is 41.9 Å². The summed E-state index contributed by atoms with van der Waals surface area (Å²) in [7, 11) is 0. The number of nitrogens with one attached hydrogen (secondary N) is 2. The largest absolute Gasteiger partial charge is 0.480 e. The fourth-order valence-corrected chi connectivity index (χ4v) is 3.19. The van der Waals surface area contributed by atoms with E-state index >= 15 is 0 Å². The Hall–Kier alpha value is -3.88. The first-order chi connectivity index (χ1) is 16.3. The van der Waals surface area contributed by atoms with Crippen molar-refractivity contribution in [3.8, 4) is 0 Å². The highest BCUT2D eigenvalue weighted by molar-refractivity contribution is 5.89. The second kappa shape index (κ2) is 13.6.